The van der Waals surface area contributed by atoms with Gasteiger partial charge in [0.2, 0.25) is 0 Å². The van der Waals surface area contributed by atoms with Crippen LogP contribution in [0.25, 0.3) is 21.5 Å². The lowest BCUT2D eigenvalue weighted by molar-refractivity contribution is 0.165. The molecule has 2 aliphatic heterocycles. The first kappa shape index (κ1) is 22.0. The van der Waals surface area contributed by atoms with E-state index >= 15 is 0 Å². The summed E-state index contributed by atoms with van der Waals surface area (Å²) < 4.78 is 17.1. The van der Waals surface area contributed by atoms with Gasteiger partial charge in [-0.05, 0) is 89.2 Å². The summed E-state index contributed by atoms with van der Waals surface area (Å²) in [6.07, 6.45) is 9.21. The van der Waals surface area contributed by atoms with Crippen LogP contribution in [0.3, 0.4) is 0 Å². The number of hydrogen-bond acceptors (Lipinski definition) is 5. The topological polar surface area (TPSA) is 43.0 Å². The second kappa shape index (κ2) is 8.94. The summed E-state index contributed by atoms with van der Waals surface area (Å²) in [5.41, 5.74) is 2.94. The van der Waals surface area contributed by atoms with Crippen LogP contribution in [0.4, 0.5) is 0 Å². The van der Waals surface area contributed by atoms with Crippen LogP contribution in [0.15, 0.2) is 30.3 Å². The number of methoxy groups -OCH3 is 3. The third-order valence-electron chi connectivity index (χ3n) is 8.47. The molecule has 2 heterocycles. The van der Waals surface area contributed by atoms with E-state index in [4.69, 9.17) is 14.2 Å². The summed E-state index contributed by atoms with van der Waals surface area (Å²) in [6, 6.07) is 12.5. The quantitative estimate of drug-likeness (QED) is 0.476. The van der Waals surface area contributed by atoms with Gasteiger partial charge in [0, 0.05) is 24.7 Å². The van der Waals surface area contributed by atoms with Crippen LogP contribution < -0.4 is 19.5 Å². The Hall–Kier alpha value is -2.50. The van der Waals surface area contributed by atoms with Gasteiger partial charge in [0.25, 0.3) is 0 Å². The first-order valence-electron chi connectivity index (χ1n) is 12.9. The molecular weight excluding hydrogens is 424 g/mol. The predicted octanol–water partition coefficient (Wildman–Crippen LogP) is 5.96. The Labute approximate surface area is 202 Å². The molecule has 5 nitrogen and oxygen atoms in total. The zero-order chi connectivity index (χ0) is 23.2. The molecule has 6 rings (SSSR count). The molecule has 1 aliphatic carbocycles. The highest BCUT2D eigenvalue weighted by Crippen LogP contribution is 2.48. The molecule has 1 N–H and O–H groups in total. The van der Waals surface area contributed by atoms with E-state index in [2.05, 4.69) is 40.5 Å². The van der Waals surface area contributed by atoms with Gasteiger partial charge < -0.3 is 19.5 Å². The first-order chi connectivity index (χ1) is 16.7. The lowest BCUT2D eigenvalue weighted by Crippen LogP contribution is -2.48. The van der Waals surface area contributed by atoms with Crippen molar-refractivity contribution in [1.82, 2.24) is 10.2 Å². The molecule has 5 heteroatoms. The number of benzene rings is 3. The maximum atomic E-state index is 5.75. The number of nitrogens with one attached hydrogen (secondary N) is 1. The number of ether oxygens (including phenoxy) is 3. The van der Waals surface area contributed by atoms with Gasteiger partial charge in [-0.15, -0.1) is 0 Å². The molecule has 0 bridgehead atoms. The molecule has 0 radical (unpaired) electrons. The Morgan fingerprint density at radius 1 is 0.765 bits per heavy atom. The third kappa shape index (κ3) is 3.52. The Morgan fingerprint density at radius 2 is 1.50 bits per heavy atom. The van der Waals surface area contributed by atoms with E-state index < -0.39 is 0 Å². The molecule has 0 aromatic heterocycles. The molecule has 3 aromatic carbocycles. The molecule has 3 aliphatic rings. The van der Waals surface area contributed by atoms with Crippen molar-refractivity contribution in [1.29, 1.82) is 0 Å². The molecule has 0 unspecified atom stereocenters. The second-order valence-electron chi connectivity index (χ2n) is 10.2. The van der Waals surface area contributed by atoms with Crippen molar-refractivity contribution in [2.75, 3.05) is 27.9 Å². The summed E-state index contributed by atoms with van der Waals surface area (Å²) in [7, 11) is 5.18. The van der Waals surface area contributed by atoms with E-state index in [1.54, 1.807) is 21.3 Å². The van der Waals surface area contributed by atoms with Crippen LogP contribution in [-0.2, 0) is 6.54 Å². The Kier molecular flexibility index (Phi) is 5.78. The average Bonchev–Trinajstić information content (AvgIpc) is 3.37. The molecule has 2 atom stereocenters. The summed E-state index contributed by atoms with van der Waals surface area (Å²) >= 11 is 0. The highest BCUT2D eigenvalue weighted by Gasteiger charge is 2.40. The zero-order valence-corrected chi connectivity index (χ0v) is 20.7. The number of nitrogens with zero attached hydrogens (tertiary/aromatic N) is 1. The van der Waals surface area contributed by atoms with Gasteiger partial charge in [0.05, 0.1) is 21.3 Å². The van der Waals surface area contributed by atoms with E-state index in [-0.39, 0.29) is 0 Å². The molecule has 1 saturated carbocycles. The van der Waals surface area contributed by atoms with Gasteiger partial charge in [0.1, 0.15) is 5.75 Å². The third-order valence-corrected chi connectivity index (χ3v) is 8.47. The normalized spacial score (nSPS) is 23.1. The lowest BCUT2D eigenvalue weighted by Gasteiger charge is -2.42. The number of hydrogen-bond donors (Lipinski definition) is 1. The van der Waals surface area contributed by atoms with Crippen LogP contribution in [0.2, 0.25) is 0 Å². The van der Waals surface area contributed by atoms with Crippen LogP contribution in [0.1, 0.15) is 62.1 Å². The number of fused-ring (bicyclic) bond motifs is 7. The van der Waals surface area contributed by atoms with Gasteiger partial charge >= 0.3 is 0 Å². The molecule has 0 spiro atoms. The van der Waals surface area contributed by atoms with Gasteiger partial charge in [0.15, 0.2) is 11.5 Å². The largest absolute Gasteiger partial charge is 0.497 e. The minimum absolute atomic E-state index is 0.350. The van der Waals surface area contributed by atoms with Crippen LogP contribution in [0.5, 0.6) is 17.2 Å². The maximum absolute atomic E-state index is 5.75. The fourth-order valence-corrected chi connectivity index (χ4v) is 6.83. The van der Waals surface area contributed by atoms with Crippen molar-refractivity contribution in [3.8, 4) is 17.2 Å². The Balaban J connectivity index is 1.63. The van der Waals surface area contributed by atoms with Gasteiger partial charge in [-0.1, -0.05) is 25.3 Å². The summed E-state index contributed by atoms with van der Waals surface area (Å²) in [5, 5.41) is 9.25. The monoisotopic (exact) mass is 460 g/mol. The highest BCUT2D eigenvalue weighted by molar-refractivity contribution is 6.12. The highest BCUT2D eigenvalue weighted by atomic mass is 16.5. The fourth-order valence-electron chi connectivity index (χ4n) is 6.83. The first-order valence-corrected chi connectivity index (χ1v) is 12.9. The van der Waals surface area contributed by atoms with Crippen molar-refractivity contribution in [2.24, 2.45) is 0 Å². The van der Waals surface area contributed by atoms with Gasteiger partial charge in [-0.25, -0.2) is 0 Å². The number of rotatable bonds is 5. The summed E-state index contributed by atoms with van der Waals surface area (Å²) in [5.74, 6) is 2.45. The van der Waals surface area contributed by atoms with E-state index in [0.29, 0.717) is 18.1 Å². The average molecular weight is 461 g/mol. The van der Waals surface area contributed by atoms with Crippen molar-refractivity contribution in [3.05, 3.63) is 41.5 Å². The molecule has 1 saturated heterocycles. The standard InChI is InChI=1S/C29H36N2O3/c1-32-19-11-12-20-21(14-19)22-15-26(33-2)27(34-3)16-23(22)24-17-31-13-7-10-25(31)29(28(20)24)30-18-8-5-4-6-9-18/h11-12,14-16,18,25,29-30H,4-10,13,17H2,1-3H3/t25-,29+/m0/s1. The Morgan fingerprint density at radius 3 is 2.24 bits per heavy atom. The van der Waals surface area contributed by atoms with Crippen molar-refractivity contribution in [3.63, 3.8) is 0 Å². The molecule has 180 valence electrons. The van der Waals surface area contributed by atoms with Crippen molar-refractivity contribution in [2.45, 2.75) is 69.6 Å². The zero-order valence-electron chi connectivity index (χ0n) is 20.7. The molecule has 34 heavy (non-hydrogen) atoms. The SMILES string of the molecule is COc1ccc2c3c(c4cc(OC)c(OC)cc4c2c1)CN1CCC[C@H]1[C@H]3NC1CCCCC1. The smallest absolute Gasteiger partial charge is 0.161 e. The second-order valence-corrected chi connectivity index (χ2v) is 10.2. The summed E-state index contributed by atoms with van der Waals surface area (Å²) in [4.78, 5) is 2.72. The van der Waals surface area contributed by atoms with Crippen molar-refractivity contribution < 1.29 is 14.2 Å². The van der Waals surface area contributed by atoms with E-state index in [0.717, 1.165) is 23.8 Å². The minimum Gasteiger partial charge on any atom is -0.497 e. The molecular formula is C29H36N2O3. The van der Waals surface area contributed by atoms with Crippen LogP contribution in [0, 0.1) is 0 Å². The van der Waals surface area contributed by atoms with Crippen molar-refractivity contribution >= 4 is 21.5 Å². The van der Waals surface area contributed by atoms with E-state index in [1.807, 2.05) is 0 Å². The van der Waals surface area contributed by atoms with E-state index in [9.17, 15) is 0 Å². The van der Waals surface area contributed by atoms with Crippen LogP contribution in [-0.4, -0.2) is 44.9 Å². The van der Waals surface area contributed by atoms with E-state index in [1.165, 1.54) is 84.2 Å². The molecule has 2 fully saturated rings. The fraction of sp³-hybridized carbons (Fsp3) is 0.517. The van der Waals surface area contributed by atoms with Gasteiger partial charge in [-0.3, -0.25) is 4.90 Å². The maximum Gasteiger partial charge on any atom is 0.161 e. The predicted molar refractivity (Wildman–Crippen MR) is 137 cm³/mol. The minimum atomic E-state index is 0.350. The lowest BCUT2D eigenvalue weighted by atomic mass is 9.81. The molecule has 0 amide bonds. The van der Waals surface area contributed by atoms with Crippen LogP contribution >= 0.6 is 0 Å². The summed E-state index contributed by atoms with van der Waals surface area (Å²) in [6.45, 7) is 2.18. The Bertz CT molecular complexity index is 1220. The van der Waals surface area contributed by atoms with Gasteiger partial charge in [-0.2, -0.15) is 0 Å². The molecule has 3 aromatic rings.